The first kappa shape index (κ1) is 24.1. The van der Waals surface area contributed by atoms with E-state index in [2.05, 4.69) is 37.9 Å². The lowest BCUT2D eigenvalue weighted by Crippen LogP contribution is -2.46. The molecular weight excluding hydrogens is 428 g/mol. The summed E-state index contributed by atoms with van der Waals surface area (Å²) in [6, 6.07) is 7.93. The van der Waals surface area contributed by atoms with Gasteiger partial charge in [-0.3, -0.25) is 14.7 Å². The molecule has 1 amide bonds. The molecule has 2 N–H and O–H groups in total. The molecule has 4 heterocycles. The second kappa shape index (κ2) is 11.4. The zero-order valence-electron chi connectivity index (χ0n) is 20.3. The van der Waals surface area contributed by atoms with Crippen molar-refractivity contribution in [2.45, 2.75) is 46.1 Å². The Morgan fingerprint density at radius 2 is 1.82 bits per heavy atom. The highest BCUT2D eigenvalue weighted by atomic mass is 16.6. The second-order valence-corrected chi connectivity index (χ2v) is 9.30. The Balaban J connectivity index is 1.30. The predicted octanol–water partition coefficient (Wildman–Crippen LogP) is 3.26. The van der Waals surface area contributed by atoms with Gasteiger partial charge in [0.2, 0.25) is 5.91 Å². The highest BCUT2D eigenvalue weighted by Crippen LogP contribution is 2.27. The second-order valence-electron chi connectivity index (χ2n) is 9.30. The molecule has 2 aromatic rings. The summed E-state index contributed by atoms with van der Waals surface area (Å²) < 4.78 is 0. The lowest BCUT2D eigenvalue weighted by atomic mass is 9.87. The van der Waals surface area contributed by atoms with Crippen LogP contribution < -0.4 is 5.73 Å². The van der Waals surface area contributed by atoms with Crippen LogP contribution in [0.5, 0.6) is 0 Å². The minimum Gasteiger partial charge on any atom is -0.396 e. The number of carbonyl (C=O) groups excluding carboxylic acids is 1. The maximum Gasteiger partial charge on any atom is 0.225 e. The molecule has 2 aliphatic heterocycles. The van der Waals surface area contributed by atoms with Gasteiger partial charge in [-0.2, -0.15) is 0 Å². The van der Waals surface area contributed by atoms with Gasteiger partial charge in [-0.1, -0.05) is 11.2 Å². The van der Waals surface area contributed by atoms with E-state index in [0.717, 1.165) is 75.4 Å². The van der Waals surface area contributed by atoms with E-state index in [1.807, 2.05) is 25.1 Å². The number of hydrogen-bond acceptors (Lipinski definition) is 7. The van der Waals surface area contributed by atoms with Crippen molar-refractivity contribution in [3.8, 4) is 0 Å². The maximum atomic E-state index is 13.3. The number of nitrogens with zero attached hydrogens (tertiary/aromatic N) is 5. The fourth-order valence-electron chi connectivity index (χ4n) is 5.02. The van der Waals surface area contributed by atoms with Crippen LogP contribution in [0.25, 0.3) is 0 Å². The molecule has 182 valence electrons. The van der Waals surface area contributed by atoms with Gasteiger partial charge in [0.1, 0.15) is 18.1 Å². The third-order valence-electron chi connectivity index (χ3n) is 6.93. The zero-order chi connectivity index (χ0) is 23.9. The molecule has 34 heavy (non-hydrogen) atoms. The highest BCUT2D eigenvalue weighted by molar-refractivity contribution is 6.01. The molecule has 2 fully saturated rings. The number of likely N-dealkylation sites (tertiary alicyclic amines) is 2. The fourth-order valence-corrected chi connectivity index (χ4v) is 5.02. The van der Waals surface area contributed by atoms with Crippen molar-refractivity contribution in [2.24, 2.45) is 17.0 Å². The fraction of sp³-hybridized carbons (Fsp3) is 0.538. The first-order valence-electron chi connectivity index (χ1n) is 12.4. The average molecular weight is 465 g/mol. The van der Waals surface area contributed by atoms with Gasteiger partial charge in [0.05, 0.1) is 5.69 Å². The monoisotopic (exact) mass is 464 g/mol. The molecule has 2 saturated heterocycles. The van der Waals surface area contributed by atoms with E-state index in [0.29, 0.717) is 18.3 Å². The zero-order valence-corrected chi connectivity index (χ0v) is 20.3. The molecule has 2 aliphatic rings. The molecule has 2 aromatic heterocycles. The van der Waals surface area contributed by atoms with E-state index in [1.165, 1.54) is 5.56 Å². The molecule has 8 heteroatoms. The van der Waals surface area contributed by atoms with Crippen LogP contribution >= 0.6 is 0 Å². The summed E-state index contributed by atoms with van der Waals surface area (Å²) in [5, 5.41) is 4.44. The summed E-state index contributed by atoms with van der Waals surface area (Å²) >= 11 is 0. The lowest BCUT2D eigenvalue weighted by molar-refractivity contribution is -0.138. The summed E-state index contributed by atoms with van der Waals surface area (Å²) in [5.41, 5.74) is 9.89. The average Bonchev–Trinajstić information content (AvgIpc) is 2.86. The quantitative estimate of drug-likeness (QED) is 0.499. The van der Waals surface area contributed by atoms with Gasteiger partial charge in [-0.05, 0) is 81.9 Å². The topological polar surface area (TPSA) is 96.9 Å². The van der Waals surface area contributed by atoms with Crippen LogP contribution in [0.3, 0.4) is 0 Å². The number of hydrogen-bond donors (Lipinski definition) is 1. The molecular formula is C26H36N6O2. The number of oxime groups is 1. The van der Waals surface area contributed by atoms with E-state index in [-0.39, 0.29) is 11.8 Å². The number of carbonyl (C=O) groups is 1. The largest absolute Gasteiger partial charge is 0.396 e. The number of nitrogens with two attached hydrogens (primary N) is 1. The smallest absolute Gasteiger partial charge is 0.225 e. The van der Waals surface area contributed by atoms with Gasteiger partial charge in [-0.15, -0.1) is 0 Å². The summed E-state index contributed by atoms with van der Waals surface area (Å²) in [7, 11) is 0. The van der Waals surface area contributed by atoms with E-state index >= 15 is 0 Å². The van der Waals surface area contributed by atoms with Crippen molar-refractivity contribution in [3.63, 3.8) is 0 Å². The number of nitrogen functional groups attached to an aromatic ring is 1. The Hall–Kier alpha value is -3.00. The molecule has 0 aromatic carbocycles. The van der Waals surface area contributed by atoms with Crippen molar-refractivity contribution in [1.29, 1.82) is 0 Å². The predicted molar refractivity (Wildman–Crippen MR) is 133 cm³/mol. The van der Waals surface area contributed by atoms with Crippen LogP contribution in [0.4, 0.5) is 5.82 Å². The third-order valence-corrected chi connectivity index (χ3v) is 6.93. The highest BCUT2D eigenvalue weighted by Gasteiger charge is 2.33. The Morgan fingerprint density at radius 1 is 1.09 bits per heavy atom. The molecule has 0 atom stereocenters. The third kappa shape index (κ3) is 5.91. The summed E-state index contributed by atoms with van der Waals surface area (Å²) in [6.07, 6.45) is 7.14. The van der Waals surface area contributed by atoms with Gasteiger partial charge in [-0.25, -0.2) is 4.98 Å². The minimum atomic E-state index is 0.116. The van der Waals surface area contributed by atoms with Crippen LogP contribution in [0.2, 0.25) is 0 Å². The number of aromatic nitrogens is 2. The Bertz CT molecular complexity index is 994. The molecule has 0 bridgehead atoms. The maximum absolute atomic E-state index is 13.3. The molecule has 0 radical (unpaired) electrons. The molecule has 0 unspecified atom stereocenters. The normalized spacial score (nSPS) is 18.8. The Kier molecular flexibility index (Phi) is 8.11. The number of pyridine rings is 2. The molecule has 0 saturated carbocycles. The van der Waals surface area contributed by atoms with Gasteiger partial charge >= 0.3 is 0 Å². The first-order valence-corrected chi connectivity index (χ1v) is 12.4. The van der Waals surface area contributed by atoms with Crippen LogP contribution in [0.1, 0.15) is 49.4 Å². The molecule has 0 aliphatic carbocycles. The van der Waals surface area contributed by atoms with E-state index in [9.17, 15) is 4.79 Å². The number of rotatable bonds is 7. The number of amides is 1. The number of piperidine rings is 2. The van der Waals surface area contributed by atoms with Crippen molar-refractivity contribution in [2.75, 3.05) is 38.5 Å². The molecule has 0 spiro atoms. The Labute approximate surface area is 202 Å². The lowest BCUT2D eigenvalue weighted by Gasteiger charge is -2.37. The van der Waals surface area contributed by atoms with Crippen LogP contribution in [-0.4, -0.2) is 64.2 Å². The van der Waals surface area contributed by atoms with Gasteiger partial charge < -0.3 is 15.5 Å². The summed E-state index contributed by atoms with van der Waals surface area (Å²) in [5.74, 6) is 1.23. The molecule has 8 nitrogen and oxygen atoms in total. The van der Waals surface area contributed by atoms with Crippen LogP contribution in [0, 0.1) is 18.8 Å². The van der Waals surface area contributed by atoms with Crippen LogP contribution in [0.15, 0.2) is 41.8 Å². The SMILES string of the molecule is CCO/N=C(/c1ncccc1C)C1CCN(C(=O)C2CCN(Cc3ccnc(N)c3)CC2)CC1. The van der Waals surface area contributed by atoms with E-state index in [1.54, 1.807) is 12.4 Å². The van der Waals surface area contributed by atoms with Crippen molar-refractivity contribution < 1.29 is 9.63 Å². The summed E-state index contributed by atoms with van der Waals surface area (Å²) in [6.45, 7) is 8.75. The molecule has 4 rings (SSSR count). The van der Waals surface area contributed by atoms with Crippen molar-refractivity contribution >= 4 is 17.4 Å². The Morgan fingerprint density at radius 3 is 2.50 bits per heavy atom. The van der Waals surface area contributed by atoms with E-state index < -0.39 is 0 Å². The minimum absolute atomic E-state index is 0.116. The standard InChI is InChI=1S/C26H36N6O2/c1-3-34-30-25(24-19(2)5-4-11-29-24)21-9-15-32(16-10-21)26(33)22-7-13-31(14-8-22)18-20-6-12-28-23(27)17-20/h4-6,11-12,17,21-22H,3,7-10,13-16,18H2,1-2H3,(H2,27,28)/b30-25+. The van der Waals surface area contributed by atoms with Gasteiger partial charge in [0.25, 0.3) is 0 Å². The first-order chi connectivity index (χ1) is 16.5. The van der Waals surface area contributed by atoms with E-state index in [4.69, 9.17) is 10.6 Å². The van der Waals surface area contributed by atoms with Crippen molar-refractivity contribution in [3.05, 3.63) is 53.5 Å². The van der Waals surface area contributed by atoms with Gasteiger partial charge in [0.15, 0.2) is 0 Å². The number of aryl methyl sites for hydroxylation is 1. The summed E-state index contributed by atoms with van der Waals surface area (Å²) in [4.78, 5) is 31.8. The van der Waals surface area contributed by atoms with Crippen molar-refractivity contribution in [1.82, 2.24) is 19.8 Å². The van der Waals surface area contributed by atoms with Crippen LogP contribution in [-0.2, 0) is 16.2 Å². The number of anilines is 1. The van der Waals surface area contributed by atoms with Gasteiger partial charge in [0, 0.05) is 43.9 Å².